The van der Waals surface area contributed by atoms with Crippen LogP contribution in [0.15, 0.2) is 18.2 Å². The van der Waals surface area contributed by atoms with Crippen LogP contribution in [0.2, 0.25) is 0 Å². The van der Waals surface area contributed by atoms with Gasteiger partial charge in [-0.15, -0.1) is 11.8 Å². The molecule has 7 heteroatoms. The van der Waals surface area contributed by atoms with Gasteiger partial charge in [-0.3, -0.25) is 4.79 Å². The van der Waals surface area contributed by atoms with Crippen molar-refractivity contribution >= 4 is 23.6 Å². The fourth-order valence-electron chi connectivity index (χ4n) is 3.48. The molecule has 6 nitrogen and oxygen atoms in total. The van der Waals surface area contributed by atoms with E-state index >= 15 is 0 Å². The predicted molar refractivity (Wildman–Crippen MR) is 87.8 cm³/mol. The molecule has 1 amide bonds. The highest BCUT2D eigenvalue weighted by molar-refractivity contribution is 8.01. The zero-order valence-electron chi connectivity index (χ0n) is 13.6. The van der Waals surface area contributed by atoms with E-state index in [1.54, 1.807) is 16.7 Å². The van der Waals surface area contributed by atoms with E-state index in [1.165, 1.54) is 0 Å². The quantitative estimate of drug-likeness (QED) is 0.781. The maximum Gasteiger partial charge on any atom is 0.330 e. The van der Waals surface area contributed by atoms with Crippen LogP contribution < -0.4 is 9.47 Å². The number of carbonyl (C=O) groups excluding carboxylic acids is 2. The van der Waals surface area contributed by atoms with E-state index in [4.69, 9.17) is 14.2 Å². The second-order valence-electron chi connectivity index (χ2n) is 6.46. The van der Waals surface area contributed by atoms with E-state index in [2.05, 4.69) is 0 Å². The standard InChI is InChI=1S/C17H19NO5S/c1-10(11-3-4-13-14(7-11)22-9-21-13)23-16(20)12-8-24-17(2)6-5-15(19)18(12)17/h3-4,7,10,12H,5-6,8-9H2,1-2H3/t10-,12+,17-/m0/s1. The fraction of sp³-hybridized carbons (Fsp3) is 0.529. The maximum atomic E-state index is 12.6. The zero-order chi connectivity index (χ0) is 16.9. The first-order valence-electron chi connectivity index (χ1n) is 8.04. The molecular weight excluding hydrogens is 330 g/mol. The van der Waals surface area contributed by atoms with Gasteiger partial charge in [-0.05, 0) is 38.0 Å². The summed E-state index contributed by atoms with van der Waals surface area (Å²) in [6.07, 6.45) is 0.879. The average Bonchev–Trinajstić information content (AvgIpc) is 3.22. The van der Waals surface area contributed by atoms with Crippen LogP contribution in [0.25, 0.3) is 0 Å². The summed E-state index contributed by atoms with van der Waals surface area (Å²) in [6, 6.07) is 5.01. The first-order chi connectivity index (χ1) is 11.5. The van der Waals surface area contributed by atoms with Crippen molar-refractivity contribution < 1.29 is 23.8 Å². The van der Waals surface area contributed by atoms with Crippen LogP contribution in [0.4, 0.5) is 0 Å². The number of nitrogens with zero attached hydrogens (tertiary/aromatic N) is 1. The van der Waals surface area contributed by atoms with E-state index in [0.29, 0.717) is 23.7 Å². The molecule has 3 aliphatic rings. The number of hydrogen-bond donors (Lipinski definition) is 0. The first-order valence-corrected chi connectivity index (χ1v) is 9.03. The maximum absolute atomic E-state index is 12.6. The second-order valence-corrected chi connectivity index (χ2v) is 7.96. The minimum atomic E-state index is -0.494. The summed E-state index contributed by atoms with van der Waals surface area (Å²) in [5.74, 6) is 1.65. The van der Waals surface area contributed by atoms with Crippen molar-refractivity contribution in [3.63, 3.8) is 0 Å². The van der Waals surface area contributed by atoms with Crippen molar-refractivity contribution in [2.24, 2.45) is 0 Å². The molecule has 1 aromatic carbocycles. The van der Waals surface area contributed by atoms with Gasteiger partial charge in [0.2, 0.25) is 12.7 Å². The molecule has 2 fully saturated rings. The monoisotopic (exact) mass is 349 g/mol. The average molecular weight is 349 g/mol. The zero-order valence-corrected chi connectivity index (χ0v) is 14.4. The molecule has 3 atom stereocenters. The Kier molecular flexibility index (Phi) is 3.63. The molecule has 2 saturated heterocycles. The molecule has 0 saturated carbocycles. The van der Waals surface area contributed by atoms with Crippen LogP contribution in [0.3, 0.4) is 0 Å². The molecular formula is C17H19NO5S. The summed E-state index contributed by atoms with van der Waals surface area (Å²) in [6.45, 7) is 4.06. The number of amides is 1. The third-order valence-corrected chi connectivity index (χ3v) is 6.38. The van der Waals surface area contributed by atoms with E-state index in [0.717, 1.165) is 12.0 Å². The summed E-state index contributed by atoms with van der Waals surface area (Å²) >= 11 is 1.66. The molecule has 24 heavy (non-hydrogen) atoms. The van der Waals surface area contributed by atoms with Gasteiger partial charge in [0.15, 0.2) is 11.5 Å². The van der Waals surface area contributed by atoms with Gasteiger partial charge in [0.05, 0.1) is 4.87 Å². The van der Waals surface area contributed by atoms with E-state index < -0.39 is 12.1 Å². The lowest BCUT2D eigenvalue weighted by atomic mass is 10.1. The summed E-state index contributed by atoms with van der Waals surface area (Å²) in [5.41, 5.74) is 0.841. The third kappa shape index (κ3) is 2.42. The van der Waals surface area contributed by atoms with Crippen molar-refractivity contribution in [2.75, 3.05) is 12.5 Å². The van der Waals surface area contributed by atoms with Gasteiger partial charge >= 0.3 is 5.97 Å². The van der Waals surface area contributed by atoms with Gasteiger partial charge in [-0.2, -0.15) is 0 Å². The predicted octanol–water partition coefficient (Wildman–Crippen LogP) is 2.47. The molecule has 0 bridgehead atoms. The lowest BCUT2D eigenvalue weighted by Gasteiger charge is -2.30. The number of esters is 1. The molecule has 0 radical (unpaired) electrons. The molecule has 0 spiro atoms. The van der Waals surface area contributed by atoms with Crippen LogP contribution in [0.1, 0.15) is 38.4 Å². The lowest BCUT2D eigenvalue weighted by molar-refractivity contribution is -0.157. The Bertz CT molecular complexity index is 708. The normalized spacial score (nSPS) is 28.8. The molecule has 1 aromatic rings. The number of rotatable bonds is 3. The molecule has 0 aliphatic carbocycles. The van der Waals surface area contributed by atoms with Crippen molar-refractivity contribution in [3.05, 3.63) is 23.8 Å². The fourth-order valence-corrected chi connectivity index (χ4v) is 4.90. The molecule has 3 heterocycles. The highest BCUT2D eigenvalue weighted by atomic mass is 32.2. The van der Waals surface area contributed by atoms with Gasteiger partial charge in [-0.25, -0.2) is 4.79 Å². The highest BCUT2D eigenvalue weighted by Gasteiger charge is 2.53. The number of thioether (sulfide) groups is 1. The molecule has 4 rings (SSSR count). The Labute approximate surface area is 144 Å². The van der Waals surface area contributed by atoms with Crippen molar-refractivity contribution in [3.8, 4) is 11.5 Å². The van der Waals surface area contributed by atoms with Gasteiger partial charge in [-0.1, -0.05) is 6.07 Å². The topological polar surface area (TPSA) is 65.1 Å². The van der Waals surface area contributed by atoms with Gasteiger partial charge < -0.3 is 19.1 Å². The Hall–Kier alpha value is -1.89. The second kappa shape index (κ2) is 5.58. The number of hydrogen-bond acceptors (Lipinski definition) is 6. The number of benzene rings is 1. The number of fused-ring (bicyclic) bond motifs is 2. The first kappa shape index (κ1) is 15.6. The van der Waals surface area contributed by atoms with Crippen LogP contribution in [0, 0.1) is 0 Å². The van der Waals surface area contributed by atoms with Crippen LogP contribution in [-0.4, -0.2) is 40.2 Å². The molecule has 3 aliphatic heterocycles. The van der Waals surface area contributed by atoms with E-state index in [-0.39, 0.29) is 23.5 Å². The Morgan fingerprint density at radius 3 is 3.04 bits per heavy atom. The Balaban J connectivity index is 1.47. The third-order valence-electron chi connectivity index (χ3n) is 4.88. The van der Waals surface area contributed by atoms with Crippen LogP contribution in [-0.2, 0) is 14.3 Å². The summed E-state index contributed by atoms with van der Waals surface area (Å²) in [5, 5.41) is 0. The summed E-state index contributed by atoms with van der Waals surface area (Å²) in [4.78, 5) is 26.2. The van der Waals surface area contributed by atoms with Crippen molar-refractivity contribution in [1.82, 2.24) is 4.90 Å². The minimum Gasteiger partial charge on any atom is -0.456 e. The van der Waals surface area contributed by atoms with Gasteiger partial charge in [0.25, 0.3) is 0 Å². The van der Waals surface area contributed by atoms with E-state index in [9.17, 15) is 9.59 Å². The van der Waals surface area contributed by atoms with E-state index in [1.807, 2.05) is 32.0 Å². The largest absolute Gasteiger partial charge is 0.456 e. The van der Waals surface area contributed by atoms with Crippen LogP contribution in [0.5, 0.6) is 11.5 Å². The molecule has 0 aromatic heterocycles. The molecule has 0 unspecified atom stereocenters. The Morgan fingerprint density at radius 1 is 1.42 bits per heavy atom. The van der Waals surface area contributed by atoms with Crippen molar-refractivity contribution in [1.29, 1.82) is 0 Å². The number of carbonyl (C=O) groups is 2. The summed E-state index contributed by atoms with van der Waals surface area (Å²) < 4.78 is 16.3. The highest BCUT2D eigenvalue weighted by Crippen LogP contribution is 2.47. The minimum absolute atomic E-state index is 0.0418. The Morgan fingerprint density at radius 2 is 2.21 bits per heavy atom. The molecule has 128 valence electrons. The van der Waals surface area contributed by atoms with Crippen molar-refractivity contribution in [2.45, 2.75) is 43.7 Å². The van der Waals surface area contributed by atoms with Gasteiger partial charge in [0, 0.05) is 12.2 Å². The van der Waals surface area contributed by atoms with Gasteiger partial charge in [0.1, 0.15) is 12.1 Å². The smallest absolute Gasteiger partial charge is 0.330 e. The lowest BCUT2D eigenvalue weighted by Crippen LogP contribution is -2.46. The van der Waals surface area contributed by atoms with Crippen LogP contribution >= 0.6 is 11.8 Å². The SMILES string of the molecule is C[C@H](OC(=O)[C@H]1CS[C@@]2(C)CCC(=O)N12)c1ccc2c(c1)OCO2. The number of ether oxygens (including phenoxy) is 3. The summed E-state index contributed by atoms with van der Waals surface area (Å²) in [7, 11) is 0. The molecule has 0 N–H and O–H groups in total.